The minimum atomic E-state index is 0.364. The highest BCUT2D eigenvalue weighted by Gasteiger charge is 2.28. The van der Waals surface area contributed by atoms with Crippen LogP contribution in [0.4, 0.5) is 5.13 Å². The molecule has 2 N–H and O–H groups in total. The van der Waals surface area contributed by atoms with Gasteiger partial charge in [-0.15, -0.1) is 11.3 Å². The molecule has 1 heterocycles. The zero-order valence-corrected chi connectivity index (χ0v) is 10.9. The molecule has 18 heavy (non-hydrogen) atoms. The van der Waals surface area contributed by atoms with Crippen molar-refractivity contribution in [2.24, 2.45) is 0 Å². The second kappa shape index (κ2) is 4.11. The molecule has 90 valence electrons. The number of aryl methyl sites for hydroxylation is 2. The summed E-state index contributed by atoms with van der Waals surface area (Å²) in [6.45, 7) is 2.10. The standard InChI is InChI=1S/C14H13N3S/c1-8-2-3-9(7-15)6-11(8)10-4-5-12-13(10)18-14(16)17-12/h2-3,6,10H,4-5H2,1H3,(H2,16,17). The van der Waals surface area contributed by atoms with Crippen molar-refractivity contribution >= 4 is 16.5 Å². The van der Waals surface area contributed by atoms with Gasteiger partial charge in [-0.25, -0.2) is 4.98 Å². The van der Waals surface area contributed by atoms with E-state index in [0.717, 1.165) is 24.1 Å². The van der Waals surface area contributed by atoms with Crippen LogP contribution in [0.25, 0.3) is 0 Å². The lowest BCUT2D eigenvalue weighted by molar-refractivity contribution is 0.785. The van der Waals surface area contributed by atoms with Crippen molar-refractivity contribution in [3.63, 3.8) is 0 Å². The lowest BCUT2D eigenvalue weighted by atomic mass is 9.92. The number of nitrogens with zero attached hydrogens (tertiary/aromatic N) is 2. The summed E-state index contributed by atoms with van der Waals surface area (Å²) in [4.78, 5) is 5.65. The van der Waals surface area contributed by atoms with Gasteiger partial charge in [0, 0.05) is 10.8 Å². The van der Waals surface area contributed by atoms with Crippen LogP contribution in [-0.2, 0) is 6.42 Å². The molecule has 0 aliphatic heterocycles. The van der Waals surface area contributed by atoms with Crippen LogP contribution in [0.15, 0.2) is 18.2 Å². The maximum absolute atomic E-state index is 9.02. The highest BCUT2D eigenvalue weighted by molar-refractivity contribution is 7.15. The summed E-state index contributed by atoms with van der Waals surface area (Å²) in [5.41, 5.74) is 10.1. The molecular weight excluding hydrogens is 242 g/mol. The fraction of sp³-hybridized carbons (Fsp3) is 0.286. The van der Waals surface area contributed by atoms with Gasteiger partial charge in [0.05, 0.1) is 17.3 Å². The number of hydrogen-bond donors (Lipinski definition) is 1. The lowest BCUT2D eigenvalue weighted by Crippen LogP contribution is -1.98. The van der Waals surface area contributed by atoms with Gasteiger partial charge in [0.1, 0.15) is 0 Å². The van der Waals surface area contributed by atoms with E-state index in [2.05, 4.69) is 18.0 Å². The molecule has 0 saturated carbocycles. The topological polar surface area (TPSA) is 62.7 Å². The van der Waals surface area contributed by atoms with Crippen LogP contribution in [0.5, 0.6) is 0 Å². The Morgan fingerprint density at radius 2 is 2.33 bits per heavy atom. The van der Waals surface area contributed by atoms with E-state index in [9.17, 15) is 0 Å². The average Bonchev–Trinajstić information content (AvgIpc) is 2.89. The van der Waals surface area contributed by atoms with Crippen molar-refractivity contribution < 1.29 is 0 Å². The van der Waals surface area contributed by atoms with Crippen molar-refractivity contribution in [3.8, 4) is 6.07 Å². The van der Waals surface area contributed by atoms with E-state index in [0.29, 0.717) is 11.0 Å². The number of aromatic nitrogens is 1. The number of nitrogens with two attached hydrogens (primary N) is 1. The summed E-state index contributed by atoms with van der Waals surface area (Å²) < 4.78 is 0. The largest absolute Gasteiger partial charge is 0.375 e. The van der Waals surface area contributed by atoms with Gasteiger partial charge in [-0.3, -0.25) is 0 Å². The molecular formula is C14H13N3S. The van der Waals surface area contributed by atoms with Crippen molar-refractivity contribution in [2.45, 2.75) is 25.7 Å². The molecule has 1 aromatic carbocycles. The summed E-state index contributed by atoms with van der Waals surface area (Å²) >= 11 is 1.59. The van der Waals surface area contributed by atoms with Gasteiger partial charge in [0.25, 0.3) is 0 Å². The first-order valence-corrected chi connectivity index (χ1v) is 6.76. The van der Waals surface area contributed by atoms with E-state index in [4.69, 9.17) is 11.0 Å². The molecule has 1 aliphatic rings. The number of nitrogen functional groups attached to an aromatic ring is 1. The third-order valence-electron chi connectivity index (χ3n) is 3.51. The second-order valence-corrected chi connectivity index (χ2v) is 5.70. The Labute approximate surface area is 110 Å². The first kappa shape index (κ1) is 11.2. The number of benzene rings is 1. The Kier molecular flexibility index (Phi) is 2.57. The lowest BCUT2D eigenvalue weighted by Gasteiger charge is -2.13. The Bertz CT molecular complexity index is 652. The minimum Gasteiger partial charge on any atom is -0.375 e. The zero-order valence-electron chi connectivity index (χ0n) is 10.1. The van der Waals surface area contributed by atoms with E-state index in [1.807, 2.05) is 18.2 Å². The number of thiazole rings is 1. The quantitative estimate of drug-likeness (QED) is 0.852. The Balaban J connectivity index is 2.09. The molecule has 3 nitrogen and oxygen atoms in total. The smallest absolute Gasteiger partial charge is 0.180 e. The van der Waals surface area contributed by atoms with Crippen molar-refractivity contribution in [1.82, 2.24) is 4.98 Å². The molecule has 0 saturated heterocycles. The van der Waals surface area contributed by atoms with Crippen LogP contribution >= 0.6 is 11.3 Å². The molecule has 3 rings (SSSR count). The van der Waals surface area contributed by atoms with E-state index < -0.39 is 0 Å². The molecule has 1 aromatic heterocycles. The van der Waals surface area contributed by atoms with Crippen LogP contribution in [0.1, 0.15) is 39.6 Å². The number of nitriles is 1. The van der Waals surface area contributed by atoms with E-state index in [1.54, 1.807) is 11.3 Å². The first-order chi connectivity index (χ1) is 8.69. The maximum Gasteiger partial charge on any atom is 0.180 e. The molecule has 1 atom stereocenters. The third-order valence-corrected chi connectivity index (χ3v) is 4.55. The number of hydrogen-bond acceptors (Lipinski definition) is 4. The van der Waals surface area contributed by atoms with E-state index in [1.165, 1.54) is 16.0 Å². The summed E-state index contributed by atoms with van der Waals surface area (Å²) in [6.07, 6.45) is 2.06. The molecule has 1 aliphatic carbocycles. The molecule has 0 amide bonds. The van der Waals surface area contributed by atoms with Crippen LogP contribution in [-0.4, -0.2) is 4.98 Å². The van der Waals surface area contributed by atoms with Crippen LogP contribution in [0.2, 0.25) is 0 Å². The van der Waals surface area contributed by atoms with Gasteiger partial charge in [-0.2, -0.15) is 5.26 Å². The molecule has 4 heteroatoms. The van der Waals surface area contributed by atoms with Crippen LogP contribution in [0, 0.1) is 18.3 Å². The van der Waals surface area contributed by atoms with Gasteiger partial charge >= 0.3 is 0 Å². The average molecular weight is 255 g/mol. The van der Waals surface area contributed by atoms with Crippen molar-refractivity contribution in [2.75, 3.05) is 5.73 Å². The Morgan fingerprint density at radius 3 is 3.11 bits per heavy atom. The SMILES string of the molecule is Cc1ccc(C#N)cc1C1CCc2nc(N)sc21. The molecule has 0 fully saturated rings. The zero-order chi connectivity index (χ0) is 12.7. The fourth-order valence-corrected chi connectivity index (χ4v) is 3.66. The summed E-state index contributed by atoms with van der Waals surface area (Å²) in [6, 6.07) is 8.11. The molecule has 0 spiro atoms. The van der Waals surface area contributed by atoms with Gasteiger partial charge in [-0.05, 0) is 43.0 Å². The van der Waals surface area contributed by atoms with E-state index >= 15 is 0 Å². The monoisotopic (exact) mass is 255 g/mol. The predicted molar refractivity (Wildman–Crippen MR) is 72.6 cm³/mol. The maximum atomic E-state index is 9.02. The summed E-state index contributed by atoms with van der Waals surface area (Å²) in [7, 11) is 0. The van der Waals surface area contributed by atoms with Crippen molar-refractivity contribution in [3.05, 3.63) is 45.5 Å². The predicted octanol–water partition coefficient (Wildman–Crippen LogP) is 2.98. The van der Waals surface area contributed by atoms with Gasteiger partial charge in [-0.1, -0.05) is 6.07 Å². The fourth-order valence-electron chi connectivity index (χ4n) is 2.63. The number of rotatable bonds is 1. The first-order valence-electron chi connectivity index (χ1n) is 5.94. The van der Waals surface area contributed by atoms with Crippen LogP contribution in [0.3, 0.4) is 0 Å². The van der Waals surface area contributed by atoms with Crippen molar-refractivity contribution in [1.29, 1.82) is 5.26 Å². The number of fused-ring (bicyclic) bond motifs is 1. The number of anilines is 1. The molecule has 2 aromatic rings. The third kappa shape index (κ3) is 1.68. The van der Waals surface area contributed by atoms with E-state index in [-0.39, 0.29) is 0 Å². The molecule has 0 radical (unpaired) electrons. The highest BCUT2D eigenvalue weighted by Crippen LogP contribution is 2.43. The Morgan fingerprint density at radius 1 is 1.50 bits per heavy atom. The van der Waals surface area contributed by atoms with Gasteiger partial charge < -0.3 is 5.73 Å². The summed E-state index contributed by atoms with van der Waals surface area (Å²) in [5, 5.41) is 9.67. The van der Waals surface area contributed by atoms with Gasteiger partial charge in [0.15, 0.2) is 5.13 Å². The second-order valence-electron chi connectivity index (χ2n) is 4.64. The minimum absolute atomic E-state index is 0.364. The van der Waals surface area contributed by atoms with Gasteiger partial charge in [0.2, 0.25) is 0 Å². The van der Waals surface area contributed by atoms with Crippen LogP contribution < -0.4 is 5.73 Å². The summed E-state index contributed by atoms with van der Waals surface area (Å²) in [5.74, 6) is 0.364. The highest BCUT2D eigenvalue weighted by atomic mass is 32.1. The molecule has 0 bridgehead atoms. The normalized spacial score (nSPS) is 17.4. The Hall–Kier alpha value is -1.86. The molecule has 1 unspecified atom stereocenters.